The van der Waals surface area contributed by atoms with Gasteiger partial charge in [0, 0.05) is 36.5 Å². The third kappa shape index (κ3) is 2.58. The molecule has 0 spiro atoms. The maximum atomic E-state index is 5.24. The maximum absolute atomic E-state index is 5.24. The summed E-state index contributed by atoms with van der Waals surface area (Å²) in [7, 11) is 3.63. The first kappa shape index (κ1) is 14.3. The minimum atomic E-state index is 0.772. The first-order valence-corrected chi connectivity index (χ1v) is 7.59. The number of pyridine rings is 1. The quantitative estimate of drug-likeness (QED) is 0.601. The summed E-state index contributed by atoms with van der Waals surface area (Å²) in [5.74, 6) is 1.58. The van der Waals surface area contributed by atoms with Gasteiger partial charge >= 0.3 is 0 Å². The highest BCUT2D eigenvalue weighted by molar-refractivity contribution is 5.86. The number of aryl methyl sites for hydroxylation is 1. The summed E-state index contributed by atoms with van der Waals surface area (Å²) in [5.41, 5.74) is 4.00. The van der Waals surface area contributed by atoms with E-state index in [1.165, 1.54) is 0 Å². The summed E-state index contributed by atoms with van der Waals surface area (Å²) in [6.45, 7) is 0. The number of imidazole rings is 1. The minimum Gasteiger partial charge on any atom is -0.497 e. The molecule has 0 aliphatic carbocycles. The van der Waals surface area contributed by atoms with Gasteiger partial charge in [-0.1, -0.05) is 6.07 Å². The Morgan fingerprint density at radius 2 is 2.08 bits per heavy atom. The molecule has 24 heavy (non-hydrogen) atoms. The van der Waals surface area contributed by atoms with Crippen molar-refractivity contribution in [1.29, 1.82) is 0 Å². The zero-order valence-corrected chi connectivity index (χ0v) is 13.4. The van der Waals surface area contributed by atoms with Gasteiger partial charge in [0.05, 0.1) is 36.5 Å². The van der Waals surface area contributed by atoms with Crippen LogP contribution in [0.5, 0.6) is 5.75 Å². The Balaban J connectivity index is 1.67. The number of benzene rings is 1. The highest BCUT2D eigenvalue weighted by Gasteiger charge is 2.08. The normalized spacial score (nSPS) is 10.9. The van der Waals surface area contributed by atoms with Gasteiger partial charge < -0.3 is 19.6 Å². The fourth-order valence-electron chi connectivity index (χ4n) is 2.70. The lowest BCUT2D eigenvalue weighted by Gasteiger charge is -2.07. The maximum Gasteiger partial charge on any atom is 0.132 e. The largest absolute Gasteiger partial charge is 0.497 e. The summed E-state index contributed by atoms with van der Waals surface area (Å²) in [6, 6.07) is 11.8. The first-order valence-electron chi connectivity index (χ1n) is 7.59. The average Bonchev–Trinajstić information content (AvgIpc) is 3.20. The summed E-state index contributed by atoms with van der Waals surface area (Å²) in [5, 5.41) is 4.36. The number of fused-ring (bicyclic) bond motifs is 1. The number of ether oxygens (including phenoxy) is 1. The van der Waals surface area contributed by atoms with Crippen molar-refractivity contribution in [3.8, 4) is 17.1 Å². The number of hydrogen-bond donors (Lipinski definition) is 2. The number of hydrogen-bond acceptors (Lipinski definition) is 4. The Labute approximate surface area is 139 Å². The van der Waals surface area contributed by atoms with E-state index in [0.29, 0.717) is 0 Å². The second-order valence-corrected chi connectivity index (χ2v) is 5.59. The molecule has 0 bridgehead atoms. The molecule has 0 aliphatic rings. The summed E-state index contributed by atoms with van der Waals surface area (Å²) in [6.07, 6.45) is 5.48. The van der Waals surface area contributed by atoms with Crippen molar-refractivity contribution >= 4 is 22.4 Å². The van der Waals surface area contributed by atoms with Crippen molar-refractivity contribution in [3.63, 3.8) is 0 Å². The highest BCUT2D eigenvalue weighted by Crippen LogP contribution is 2.26. The lowest BCUT2D eigenvalue weighted by atomic mass is 10.2. The van der Waals surface area contributed by atoms with Gasteiger partial charge in [-0.05, 0) is 18.2 Å². The molecule has 6 nitrogen and oxygen atoms in total. The lowest BCUT2D eigenvalue weighted by molar-refractivity contribution is 0.415. The molecule has 4 aromatic rings. The smallest absolute Gasteiger partial charge is 0.132 e. The van der Waals surface area contributed by atoms with Crippen LogP contribution in [0.3, 0.4) is 0 Å². The van der Waals surface area contributed by atoms with Crippen LogP contribution in [0, 0.1) is 0 Å². The van der Waals surface area contributed by atoms with E-state index >= 15 is 0 Å². The van der Waals surface area contributed by atoms with E-state index in [4.69, 9.17) is 4.74 Å². The number of aromatic amines is 1. The molecule has 0 saturated heterocycles. The van der Waals surface area contributed by atoms with Crippen LogP contribution in [0.1, 0.15) is 0 Å². The number of methoxy groups -OCH3 is 1. The van der Waals surface area contributed by atoms with E-state index < -0.39 is 0 Å². The molecule has 6 heteroatoms. The lowest BCUT2D eigenvalue weighted by Crippen LogP contribution is -1.93. The van der Waals surface area contributed by atoms with E-state index in [-0.39, 0.29) is 0 Å². The molecule has 0 saturated carbocycles. The van der Waals surface area contributed by atoms with Crippen molar-refractivity contribution in [2.75, 3.05) is 12.4 Å². The van der Waals surface area contributed by atoms with E-state index in [0.717, 1.165) is 39.5 Å². The van der Waals surface area contributed by atoms with Crippen LogP contribution in [-0.4, -0.2) is 26.6 Å². The molecular weight excluding hydrogens is 302 g/mol. The minimum absolute atomic E-state index is 0.772. The fourth-order valence-corrected chi connectivity index (χ4v) is 2.70. The van der Waals surface area contributed by atoms with Crippen LogP contribution in [0.4, 0.5) is 11.5 Å². The van der Waals surface area contributed by atoms with Gasteiger partial charge in [0.25, 0.3) is 0 Å². The van der Waals surface area contributed by atoms with Crippen molar-refractivity contribution in [1.82, 2.24) is 19.5 Å². The number of aromatic nitrogens is 4. The number of nitrogens with one attached hydrogen (secondary N) is 2. The van der Waals surface area contributed by atoms with Crippen molar-refractivity contribution in [2.45, 2.75) is 0 Å². The number of nitrogens with zero attached hydrogens (tertiary/aromatic N) is 3. The molecule has 2 N–H and O–H groups in total. The third-order valence-electron chi connectivity index (χ3n) is 3.94. The molecule has 120 valence electrons. The van der Waals surface area contributed by atoms with Crippen molar-refractivity contribution < 1.29 is 4.74 Å². The highest BCUT2D eigenvalue weighted by atomic mass is 16.5. The van der Waals surface area contributed by atoms with Crippen molar-refractivity contribution in [3.05, 3.63) is 55.1 Å². The summed E-state index contributed by atoms with van der Waals surface area (Å²) >= 11 is 0. The fraction of sp³-hybridized carbons (Fsp3) is 0.111. The summed E-state index contributed by atoms with van der Waals surface area (Å²) < 4.78 is 7.22. The van der Waals surface area contributed by atoms with Crippen LogP contribution >= 0.6 is 0 Å². The van der Waals surface area contributed by atoms with E-state index in [9.17, 15) is 0 Å². The third-order valence-corrected chi connectivity index (χ3v) is 3.94. The van der Waals surface area contributed by atoms with Crippen LogP contribution in [-0.2, 0) is 7.05 Å². The van der Waals surface area contributed by atoms with Gasteiger partial charge in [-0.25, -0.2) is 9.97 Å². The molecule has 0 amide bonds. The Morgan fingerprint density at radius 3 is 2.88 bits per heavy atom. The second kappa shape index (κ2) is 5.73. The van der Waals surface area contributed by atoms with Gasteiger partial charge in [-0.15, -0.1) is 0 Å². The molecular formula is C18H17N5O. The van der Waals surface area contributed by atoms with Gasteiger partial charge in [0.1, 0.15) is 11.6 Å². The monoisotopic (exact) mass is 319 g/mol. The van der Waals surface area contributed by atoms with Crippen LogP contribution in [0.15, 0.2) is 55.1 Å². The predicted molar refractivity (Wildman–Crippen MR) is 94.6 cm³/mol. The number of anilines is 2. The Hall–Kier alpha value is -3.28. The molecule has 0 fully saturated rings. The van der Waals surface area contributed by atoms with Gasteiger partial charge in [0.2, 0.25) is 0 Å². The Kier molecular flexibility index (Phi) is 3.42. The van der Waals surface area contributed by atoms with E-state index in [1.54, 1.807) is 13.4 Å². The Bertz CT molecular complexity index is 1000. The molecule has 0 unspecified atom stereocenters. The van der Waals surface area contributed by atoms with Gasteiger partial charge in [-0.3, -0.25) is 0 Å². The molecule has 4 rings (SSSR count). The molecule has 0 aliphatic heterocycles. The summed E-state index contributed by atoms with van der Waals surface area (Å²) in [4.78, 5) is 12.1. The van der Waals surface area contributed by atoms with Crippen molar-refractivity contribution in [2.24, 2.45) is 7.05 Å². The molecule has 0 radical (unpaired) electrons. The Morgan fingerprint density at radius 1 is 1.17 bits per heavy atom. The predicted octanol–water partition coefficient (Wildman–Crippen LogP) is 3.72. The van der Waals surface area contributed by atoms with Crippen LogP contribution in [0.25, 0.3) is 22.3 Å². The molecule has 1 aromatic carbocycles. The van der Waals surface area contributed by atoms with E-state index in [1.807, 2.05) is 54.3 Å². The average molecular weight is 319 g/mol. The zero-order chi connectivity index (χ0) is 16.5. The zero-order valence-electron chi connectivity index (χ0n) is 13.4. The van der Waals surface area contributed by atoms with Gasteiger partial charge in [-0.2, -0.15) is 0 Å². The van der Waals surface area contributed by atoms with Crippen LogP contribution in [0.2, 0.25) is 0 Å². The topological polar surface area (TPSA) is 67.8 Å². The second-order valence-electron chi connectivity index (χ2n) is 5.59. The molecule has 0 atom stereocenters. The van der Waals surface area contributed by atoms with Crippen LogP contribution < -0.4 is 10.1 Å². The number of rotatable bonds is 4. The van der Waals surface area contributed by atoms with Gasteiger partial charge in [0.15, 0.2) is 0 Å². The number of H-pyrrole nitrogens is 1. The SMILES string of the molecule is COc1cccc(Nc2cc3[nH]c(-c4cncn4C)cc3cn2)c1. The first-order chi connectivity index (χ1) is 11.7. The molecule has 3 aromatic heterocycles. The standard InChI is InChI=1S/C18H17N5O/c1-23-11-19-10-17(23)16-6-12-9-20-18(8-15(12)22-16)21-13-4-3-5-14(7-13)24-2/h3-11,22H,1-2H3,(H,20,21). The van der Waals surface area contributed by atoms with E-state index in [2.05, 4.69) is 26.3 Å². The molecule has 3 heterocycles.